The number of aromatic nitrogens is 2. The molecule has 3 heterocycles. The number of hydrogen-bond acceptors (Lipinski definition) is 2. The second-order valence-corrected chi connectivity index (χ2v) is 31.5. The van der Waals surface area contributed by atoms with Crippen molar-refractivity contribution in [2.45, 2.75) is 149 Å². The van der Waals surface area contributed by atoms with Crippen molar-refractivity contribution in [1.82, 2.24) is 9.97 Å². The quantitative estimate of drug-likeness (QED) is 0.0692. The molecule has 6 fully saturated rings. The first-order valence-corrected chi connectivity index (χ1v) is 36.9. The Hall–Kier alpha value is -6.30. The summed E-state index contributed by atoms with van der Waals surface area (Å²) in [6, 6.07) is 98.9. The molecule has 2 nitrogen and oxygen atoms in total. The van der Waals surface area contributed by atoms with Gasteiger partial charge in [-0.25, -0.2) is 9.97 Å². The first kappa shape index (κ1) is 66.2. The smallest absolute Gasteiger partial charge is 0.358 e. The zero-order chi connectivity index (χ0) is 58.9. The number of benzene rings is 9. The molecule has 12 atom stereocenters. The van der Waals surface area contributed by atoms with E-state index in [1.807, 2.05) is 0 Å². The molecule has 91 heavy (non-hydrogen) atoms. The van der Waals surface area contributed by atoms with Crippen LogP contribution in [0.15, 0.2) is 267 Å². The van der Waals surface area contributed by atoms with E-state index in [0.29, 0.717) is 22.6 Å². The van der Waals surface area contributed by atoms with E-state index >= 15 is 0 Å². The minimum Gasteiger partial charge on any atom is -0.358 e. The van der Waals surface area contributed by atoms with Gasteiger partial charge in [-0.2, -0.15) is 0 Å². The Morgan fingerprint density at radius 2 is 0.429 bits per heavy atom. The summed E-state index contributed by atoms with van der Waals surface area (Å²) in [6.45, 7) is 0. The predicted octanol–water partition coefficient (Wildman–Crippen LogP) is 23.6. The zero-order valence-corrected chi connectivity index (χ0v) is 56.7. The maximum atomic E-state index is 5.69. The van der Waals surface area contributed by atoms with Crippen LogP contribution in [0.2, 0.25) is 0 Å². The third-order valence-corrected chi connectivity index (χ3v) is 28.5. The number of hydrogen-bond donors (Lipinski definition) is 0. The van der Waals surface area contributed by atoms with Crippen LogP contribution < -0.4 is 10.9 Å². The molecule has 0 radical (unpaired) electrons. The maximum Gasteiger partial charge on any atom is 2.00 e. The van der Waals surface area contributed by atoms with Crippen molar-refractivity contribution in [1.29, 1.82) is 0 Å². The van der Waals surface area contributed by atoms with Crippen LogP contribution in [-0.2, 0) is 17.1 Å². The van der Waals surface area contributed by atoms with Crippen molar-refractivity contribution >= 4 is 37.7 Å². The van der Waals surface area contributed by atoms with Gasteiger partial charge in [0.1, 0.15) is 0 Å². The number of nitrogens with zero attached hydrogens (tertiary/aromatic N) is 2. The average molecular weight is 1270 g/mol. The SMILES string of the molecule is [CH3-].[CH3-].[Fe+2].c1ccc(C2CC[C@H](c3ccccc3)C2C2CCCC2)cc1.c1ccc(C2CC[C@H](c3ccccc3)C2C2CCCC2)cc1.c1ccc(C2CC[C@H](c3ccccc3)P2c2nc3ccccc3nc2P2C(c3ccccc3)CC[C@@H]2c2ccccc2)cc1. The van der Waals surface area contributed by atoms with Gasteiger partial charge < -0.3 is 14.9 Å². The Morgan fingerprint density at radius 3 is 0.648 bits per heavy atom. The second-order valence-electron chi connectivity index (χ2n) is 26.5. The second kappa shape index (κ2) is 32.0. The van der Waals surface area contributed by atoms with Gasteiger partial charge in [-0.1, -0.05) is 306 Å². The normalized spacial score (nSPS) is 26.1. The monoisotopic (exact) mass is 1270 g/mol. The van der Waals surface area contributed by atoms with Gasteiger partial charge in [0, 0.05) is 22.6 Å². The van der Waals surface area contributed by atoms with Gasteiger partial charge in [-0.15, -0.1) is 0 Å². The molecule has 0 N–H and O–H groups in total. The van der Waals surface area contributed by atoms with Gasteiger partial charge in [0.25, 0.3) is 0 Å². The Morgan fingerprint density at radius 1 is 0.231 bits per heavy atom. The van der Waals surface area contributed by atoms with Gasteiger partial charge >= 0.3 is 17.1 Å². The van der Waals surface area contributed by atoms with Crippen LogP contribution in [0, 0.1) is 38.5 Å². The number of rotatable bonds is 12. The van der Waals surface area contributed by atoms with Gasteiger partial charge in [0.2, 0.25) is 0 Å². The Balaban J connectivity index is 0.000000152. The third-order valence-electron chi connectivity index (χ3n) is 21.8. The molecular weight excluding hydrogens is 1180 g/mol. The van der Waals surface area contributed by atoms with E-state index in [-0.39, 0.29) is 31.9 Å². The third kappa shape index (κ3) is 14.7. The molecule has 0 bridgehead atoms. The summed E-state index contributed by atoms with van der Waals surface area (Å²) in [5, 5.41) is 0. The summed E-state index contributed by atoms with van der Waals surface area (Å²) in [5.41, 5.74) is 18.7. The van der Waals surface area contributed by atoms with Crippen molar-refractivity contribution in [2.24, 2.45) is 23.7 Å². The van der Waals surface area contributed by atoms with Crippen LogP contribution in [0.1, 0.15) is 194 Å². The first-order chi connectivity index (χ1) is 43.7. The molecule has 466 valence electrons. The van der Waals surface area contributed by atoms with Crippen LogP contribution >= 0.6 is 15.8 Å². The topological polar surface area (TPSA) is 25.8 Å². The molecule has 4 aliphatic carbocycles. The van der Waals surface area contributed by atoms with Crippen LogP contribution in [0.5, 0.6) is 0 Å². The van der Waals surface area contributed by atoms with E-state index < -0.39 is 15.8 Å². The molecule has 6 aliphatic rings. The van der Waals surface area contributed by atoms with Gasteiger partial charge in [0.15, 0.2) is 0 Å². The largest absolute Gasteiger partial charge is 2.00 e. The molecule has 9 aromatic carbocycles. The Kier molecular flexibility index (Phi) is 23.3. The van der Waals surface area contributed by atoms with E-state index in [1.165, 1.54) is 136 Å². The summed E-state index contributed by atoms with van der Waals surface area (Å²) in [6.07, 6.45) is 21.8. The van der Waals surface area contributed by atoms with Crippen molar-refractivity contribution < 1.29 is 17.1 Å². The van der Waals surface area contributed by atoms with Crippen molar-refractivity contribution in [3.8, 4) is 0 Å². The van der Waals surface area contributed by atoms with E-state index in [1.54, 1.807) is 22.3 Å². The minimum absolute atomic E-state index is 0. The molecule has 0 amide bonds. The van der Waals surface area contributed by atoms with Crippen molar-refractivity contribution in [2.75, 3.05) is 0 Å². The maximum absolute atomic E-state index is 5.69. The van der Waals surface area contributed by atoms with E-state index in [2.05, 4.69) is 267 Å². The fraction of sp³-hybridized carbons (Fsp3) is 0.326. The van der Waals surface area contributed by atoms with Crippen LogP contribution in [0.25, 0.3) is 11.0 Å². The fourth-order valence-electron chi connectivity index (χ4n) is 18.0. The van der Waals surface area contributed by atoms with Gasteiger partial charge in [-0.3, -0.25) is 0 Å². The summed E-state index contributed by atoms with van der Waals surface area (Å²) in [7, 11) is -1.33. The molecule has 4 saturated carbocycles. The average Bonchev–Trinajstić information content (AvgIpc) is 1.73. The van der Waals surface area contributed by atoms with Crippen LogP contribution in [0.4, 0.5) is 0 Å². The zero-order valence-electron chi connectivity index (χ0n) is 53.8. The van der Waals surface area contributed by atoms with Crippen LogP contribution in [-0.4, -0.2) is 9.97 Å². The molecule has 2 aliphatic heterocycles. The molecule has 16 rings (SSSR count). The van der Waals surface area contributed by atoms with Gasteiger partial charge in [-0.05, 0) is 171 Å². The molecule has 0 spiro atoms. The Bertz CT molecular complexity index is 3300. The predicted molar refractivity (Wildman–Crippen MR) is 387 cm³/mol. The van der Waals surface area contributed by atoms with Crippen LogP contribution in [0.3, 0.4) is 0 Å². The van der Waals surface area contributed by atoms with E-state index in [9.17, 15) is 0 Å². The van der Waals surface area contributed by atoms with Crippen molar-refractivity contribution in [3.05, 3.63) is 326 Å². The first-order valence-electron chi connectivity index (χ1n) is 33.9. The van der Waals surface area contributed by atoms with Gasteiger partial charge in [0.05, 0.1) is 21.9 Å². The summed E-state index contributed by atoms with van der Waals surface area (Å²) < 4.78 is 0. The standard InChI is InChI=1S/C40H36N2P2.2C22H26.2CH3.Fe/c1-5-15-29(16-6-1)35-25-26-36(30-17-7-2-8-18-30)43(35)39-40(42-34-24-14-13-23-33(34)41-39)44-37(31-19-9-3-10-20-31)27-28-38(44)32-21-11-4-12-22-32;2*1-3-9-17(10-4-1)20-15-16-21(18-11-5-2-6-12-18)22(20)19-13-7-8-14-19;;;/h1-24,35-38H,25-28H2;2*1-6,9-12,19-22H,7-8,13-16H2;2*1H3;/q;;;2*-1;+2/t35-,36?,37-,38?,43?,44?;2*20-,21?,22?;;;/m111.../s1. The molecule has 10 aromatic rings. The molecule has 5 heteroatoms. The number of para-hydroxylation sites is 2. The fourth-order valence-corrected chi connectivity index (χ4v) is 25.4. The minimum atomic E-state index is -0.663. The molecule has 1 aromatic heterocycles. The number of fused-ring (bicyclic) bond motifs is 1. The summed E-state index contributed by atoms with van der Waals surface area (Å²) >= 11 is 0. The molecular formula is C86H94FeN2P2. The molecule has 8 unspecified atom stereocenters. The van der Waals surface area contributed by atoms with Crippen molar-refractivity contribution in [3.63, 3.8) is 0 Å². The Labute approximate surface area is 560 Å². The van der Waals surface area contributed by atoms with E-state index in [0.717, 1.165) is 58.4 Å². The molecule has 2 saturated heterocycles. The summed E-state index contributed by atoms with van der Waals surface area (Å²) in [4.78, 5) is 11.4. The van der Waals surface area contributed by atoms with E-state index in [4.69, 9.17) is 9.97 Å². The summed E-state index contributed by atoms with van der Waals surface area (Å²) in [5.74, 6) is 6.68.